The molecule has 2 rings (SSSR count). The molecule has 0 N–H and O–H groups in total. The van der Waals surface area contributed by atoms with E-state index in [2.05, 4.69) is 0 Å². The Labute approximate surface area is 102 Å². The highest BCUT2D eigenvalue weighted by Crippen LogP contribution is 2.29. The second kappa shape index (κ2) is 5.80. The maximum atomic E-state index is 12.1. The van der Waals surface area contributed by atoms with Gasteiger partial charge in [0.25, 0.3) is 0 Å². The molecule has 17 heavy (non-hydrogen) atoms. The van der Waals surface area contributed by atoms with Crippen LogP contribution in [0.1, 0.15) is 19.8 Å². The normalized spacial score (nSPS) is 28.9. The number of carbonyl (C=O) groups excluding carboxylic acids is 1. The molecule has 2 saturated heterocycles. The molecule has 1 unspecified atom stereocenters. The Kier molecular flexibility index (Phi) is 4.36. The smallest absolute Gasteiger partial charge is 0.249 e. The van der Waals surface area contributed by atoms with E-state index < -0.39 is 0 Å². The molecule has 0 aromatic heterocycles. The third kappa shape index (κ3) is 2.78. The molecule has 0 aromatic rings. The molecule has 2 aliphatic rings. The highest BCUT2D eigenvalue weighted by molar-refractivity contribution is 5.78. The summed E-state index contributed by atoms with van der Waals surface area (Å²) in [7, 11) is 0. The van der Waals surface area contributed by atoms with Crippen LogP contribution >= 0.6 is 0 Å². The van der Waals surface area contributed by atoms with Gasteiger partial charge in [-0.05, 0) is 12.8 Å². The lowest BCUT2D eigenvalue weighted by atomic mass is 9.96. The average molecular weight is 243 g/mol. The molecule has 1 spiro atoms. The topological polar surface area (TPSA) is 48.0 Å². The predicted octanol–water partition coefficient (Wildman–Crippen LogP) is 0.431. The van der Waals surface area contributed by atoms with Crippen molar-refractivity contribution in [3.8, 4) is 0 Å². The van der Waals surface area contributed by atoms with E-state index in [1.165, 1.54) is 0 Å². The fourth-order valence-corrected chi connectivity index (χ4v) is 2.43. The van der Waals surface area contributed by atoms with Crippen molar-refractivity contribution in [2.75, 3.05) is 46.2 Å². The van der Waals surface area contributed by atoms with Crippen LogP contribution in [-0.2, 0) is 19.0 Å². The molecule has 1 atom stereocenters. The third-order valence-corrected chi connectivity index (χ3v) is 3.36. The monoisotopic (exact) mass is 243 g/mol. The maximum Gasteiger partial charge on any atom is 0.249 e. The van der Waals surface area contributed by atoms with Gasteiger partial charge < -0.3 is 19.1 Å². The van der Waals surface area contributed by atoms with Crippen LogP contribution < -0.4 is 0 Å². The van der Waals surface area contributed by atoms with Crippen molar-refractivity contribution in [3.05, 3.63) is 0 Å². The van der Waals surface area contributed by atoms with E-state index in [4.69, 9.17) is 14.2 Å². The molecule has 1 amide bonds. The summed E-state index contributed by atoms with van der Waals surface area (Å²) in [6, 6.07) is 0. The number of carbonyl (C=O) groups is 1. The largest absolute Gasteiger partial charge is 0.379 e. The van der Waals surface area contributed by atoms with Crippen molar-refractivity contribution in [3.63, 3.8) is 0 Å². The fraction of sp³-hybridized carbons (Fsp3) is 0.917. The minimum absolute atomic E-state index is 0.0623. The molecule has 2 aliphatic heterocycles. The number of rotatable bonds is 4. The lowest BCUT2D eigenvalue weighted by Gasteiger charge is -2.43. The third-order valence-electron chi connectivity index (χ3n) is 3.36. The van der Waals surface area contributed by atoms with Crippen LogP contribution in [0.4, 0.5) is 0 Å². The Hall–Kier alpha value is -0.650. The van der Waals surface area contributed by atoms with Gasteiger partial charge in [-0.25, -0.2) is 0 Å². The van der Waals surface area contributed by atoms with Gasteiger partial charge in [0.1, 0.15) is 6.61 Å². The fourth-order valence-electron chi connectivity index (χ4n) is 2.43. The summed E-state index contributed by atoms with van der Waals surface area (Å²) in [5, 5.41) is 0. The summed E-state index contributed by atoms with van der Waals surface area (Å²) in [4.78, 5) is 14.0. The Bertz CT molecular complexity index is 263. The van der Waals surface area contributed by atoms with E-state index in [-0.39, 0.29) is 18.1 Å². The lowest BCUT2D eigenvalue weighted by Crippen LogP contribution is -2.60. The first-order valence-electron chi connectivity index (χ1n) is 6.32. The summed E-state index contributed by atoms with van der Waals surface area (Å²) < 4.78 is 16.3. The molecule has 2 fully saturated rings. The molecule has 0 aromatic carbocycles. The molecule has 0 bridgehead atoms. The van der Waals surface area contributed by atoms with E-state index in [1.54, 1.807) is 0 Å². The van der Waals surface area contributed by atoms with Crippen LogP contribution in [0.25, 0.3) is 0 Å². The molecule has 98 valence electrons. The van der Waals surface area contributed by atoms with Crippen molar-refractivity contribution >= 4 is 5.91 Å². The zero-order chi connectivity index (χ0) is 12.1. The van der Waals surface area contributed by atoms with Crippen LogP contribution in [0.15, 0.2) is 0 Å². The summed E-state index contributed by atoms with van der Waals surface area (Å²) in [5.41, 5.74) is -0.231. The average Bonchev–Trinajstić information content (AvgIpc) is 2.79. The van der Waals surface area contributed by atoms with Crippen LogP contribution in [0.3, 0.4) is 0 Å². The van der Waals surface area contributed by atoms with Gasteiger partial charge in [0.15, 0.2) is 0 Å². The van der Waals surface area contributed by atoms with Crippen LogP contribution in [-0.4, -0.2) is 62.5 Å². The van der Waals surface area contributed by atoms with Crippen molar-refractivity contribution in [1.29, 1.82) is 0 Å². The summed E-state index contributed by atoms with van der Waals surface area (Å²) in [6.45, 7) is 6.00. The highest BCUT2D eigenvalue weighted by atomic mass is 16.5. The summed E-state index contributed by atoms with van der Waals surface area (Å²) >= 11 is 0. The van der Waals surface area contributed by atoms with E-state index >= 15 is 0 Å². The number of ether oxygens (including phenoxy) is 3. The number of nitrogens with zero attached hydrogens (tertiary/aromatic N) is 1. The first kappa shape index (κ1) is 12.8. The Morgan fingerprint density at radius 3 is 2.82 bits per heavy atom. The zero-order valence-corrected chi connectivity index (χ0v) is 10.4. The van der Waals surface area contributed by atoms with Gasteiger partial charge in [-0.3, -0.25) is 4.79 Å². The Balaban J connectivity index is 1.93. The van der Waals surface area contributed by atoms with Crippen LogP contribution in [0.2, 0.25) is 0 Å². The molecule has 0 radical (unpaired) electrons. The van der Waals surface area contributed by atoms with E-state index in [0.717, 1.165) is 12.8 Å². The van der Waals surface area contributed by atoms with Crippen molar-refractivity contribution in [2.45, 2.75) is 25.3 Å². The van der Waals surface area contributed by atoms with Gasteiger partial charge in [0.2, 0.25) is 5.91 Å². The second-order valence-electron chi connectivity index (χ2n) is 4.68. The molecule has 0 aliphatic carbocycles. The first-order valence-corrected chi connectivity index (χ1v) is 6.32. The van der Waals surface area contributed by atoms with E-state index in [0.29, 0.717) is 39.6 Å². The molecule has 0 saturated carbocycles. The van der Waals surface area contributed by atoms with Crippen molar-refractivity contribution < 1.29 is 19.0 Å². The lowest BCUT2D eigenvalue weighted by molar-refractivity contribution is -0.154. The number of amides is 1. The highest BCUT2D eigenvalue weighted by Gasteiger charge is 2.45. The molecule has 5 nitrogen and oxygen atoms in total. The minimum Gasteiger partial charge on any atom is -0.379 e. The standard InChI is InChI=1S/C12H21NO4/c1-2-5-15-8-11(14)13-4-7-17-10-12(13)3-6-16-9-12/h2-10H2,1H3. The van der Waals surface area contributed by atoms with Gasteiger partial charge in [-0.15, -0.1) is 0 Å². The van der Waals surface area contributed by atoms with Crippen molar-refractivity contribution in [2.24, 2.45) is 0 Å². The zero-order valence-electron chi connectivity index (χ0n) is 10.4. The quantitative estimate of drug-likeness (QED) is 0.672. The van der Waals surface area contributed by atoms with Crippen LogP contribution in [0.5, 0.6) is 0 Å². The first-order chi connectivity index (χ1) is 8.28. The summed E-state index contributed by atoms with van der Waals surface area (Å²) in [6.07, 6.45) is 1.80. The van der Waals surface area contributed by atoms with Gasteiger partial charge in [0, 0.05) is 19.8 Å². The molecule has 2 heterocycles. The van der Waals surface area contributed by atoms with Crippen LogP contribution in [0, 0.1) is 0 Å². The van der Waals surface area contributed by atoms with Gasteiger partial charge in [-0.2, -0.15) is 0 Å². The maximum absolute atomic E-state index is 12.1. The number of morpholine rings is 1. The van der Waals surface area contributed by atoms with E-state index in [9.17, 15) is 4.79 Å². The Morgan fingerprint density at radius 1 is 1.35 bits per heavy atom. The summed E-state index contributed by atoms with van der Waals surface area (Å²) in [5.74, 6) is 0.0623. The van der Waals surface area contributed by atoms with Gasteiger partial charge in [-0.1, -0.05) is 6.92 Å². The number of hydrogen-bond acceptors (Lipinski definition) is 4. The predicted molar refractivity (Wildman–Crippen MR) is 61.8 cm³/mol. The second-order valence-corrected chi connectivity index (χ2v) is 4.68. The van der Waals surface area contributed by atoms with E-state index in [1.807, 2.05) is 11.8 Å². The van der Waals surface area contributed by atoms with Gasteiger partial charge >= 0.3 is 0 Å². The molecule has 5 heteroatoms. The SMILES string of the molecule is CCCOCC(=O)N1CCOCC12CCOC2. The molecular formula is C12H21NO4. The van der Waals surface area contributed by atoms with Crippen molar-refractivity contribution in [1.82, 2.24) is 4.90 Å². The minimum atomic E-state index is -0.231. The van der Waals surface area contributed by atoms with Gasteiger partial charge in [0.05, 0.1) is 25.4 Å². The molecular weight excluding hydrogens is 222 g/mol. The number of hydrogen-bond donors (Lipinski definition) is 0. The Morgan fingerprint density at radius 2 is 2.12 bits per heavy atom.